The van der Waals surface area contributed by atoms with Gasteiger partial charge in [0.1, 0.15) is 16.7 Å². The molecule has 0 bridgehead atoms. The third kappa shape index (κ3) is 4.47. The maximum absolute atomic E-state index is 9.81. The zero-order valence-electron chi connectivity index (χ0n) is 44.9. The summed E-state index contributed by atoms with van der Waals surface area (Å²) >= 11 is 0. The number of anilines is 3. The Morgan fingerprint density at radius 1 is 0.429 bits per heavy atom. The topological polar surface area (TPSA) is 34.5 Å². The zero-order chi connectivity index (χ0) is 50.7. The van der Waals surface area contributed by atoms with E-state index >= 15 is 0 Å². The molecule has 0 unspecified atom stereocenters. The van der Waals surface area contributed by atoms with E-state index < -0.39 is 130 Å². The molecule has 0 aliphatic carbocycles. The van der Waals surface area contributed by atoms with Crippen LogP contribution in [0.5, 0.6) is 0 Å². The van der Waals surface area contributed by atoms with E-state index in [1.807, 2.05) is 66.7 Å². The minimum absolute atomic E-state index is 0.0844. The van der Waals surface area contributed by atoms with E-state index in [-0.39, 0.29) is 16.5 Å². The Bertz CT molecular complexity index is 4330. The van der Waals surface area contributed by atoms with Crippen LogP contribution in [-0.2, 0) is 0 Å². The molecular formula is C52H32N2O2. The first-order chi connectivity index (χ1) is 34.5. The molecule has 9 aromatic carbocycles. The molecule has 56 heavy (non-hydrogen) atoms. The van der Waals surface area contributed by atoms with E-state index in [9.17, 15) is 9.60 Å². The quantitative estimate of drug-likeness (QED) is 0.177. The van der Waals surface area contributed by atoms with E-state index in [1.54, 1.807) is 30.3 Å². The number of para-hydroxylation sites is 4. The molecule has 3 heterocycles. The van der Waals surface area contributed by atoms with Crippen LogP contribution in [0.2, 0.25) is 0 Å². The fourth-order valence-electron chi connectivity index (χ4n) is 7.91. The molecule has 0 radical (unpaired) electrons. The zero-order valence-corrected chi connectivity index (χ0v) is 28.9. The number of hydrogen-bond acceptors (Lipinski definition) is 3. The van der Waals surface area contributed by atoms with Crippen molar-refractivity contribution in [2.45, 2.75) is 0 Å². The highest BCUT2D eigenvalue weighted by Crippen LogP contribution is 2.48. The highest BCUT2D eigenvalue weighted by molar-refractivity contribution is 6.23. The van der Waals surface area contributed by atoms with Crippen LogP contribution in [0.1, 0.15) is 21.9 Å². The van der Waals surface area contributed by atoms with Gasteiger partial charge >= 0.3 is 0 Å². The summed E-state index contributed by atoms with van der Waals surface area (Å²) in [5, 5.41) is 3.41. The summed E-state index contributed by atoms with van der Waals surface area (Å²) in [7, 11) is 0. The molecule has 0 aliphatic heterocycles. The van der Waals surface area contributed by atoms with Crippen molar-refractivity contribution in [1.82, 2.24) is 4.57 Å². The summed E-state index contributed by atoms with van der Waals surface area (Å²) in [5.74, 6) is 0. The fourth-order valence-corrected chi connectivity index (χ4v) is 7.91. The van der Waals surface area contributed by atoms with E-state index in [1.165, 1.54) is 4.90 Å². The van der Waals surface area contributed by atoms with E-state index in [2.05, 4.69) is 4.57 Å². The third-order valence-electron chi connectivity index (χ3n) is 10.2. The van der Waals surface area contributed by atoms with E-state index in [4.69, 9.17) is 21.2 Å². The van der Waals surface area contributed by atoms with Crippen LogP contribution in [0.4, 0.5) is 17.1 Å². The van der Waals surface area contributed by atoms with Crippen LogP contribution in [0, 0.1) is 0 Å². The molecule has 4 heteroatoms. The molecule has 12 rings (SSSR count). The van der Waals surface area contributed by atoms with Crippen molar-refractivity contribution in [1.29, 1.82) is 0 Å². The summed E-state index contributed by atoms with van der Waals surface area (Å²) < 4.78 is 159. The Morgan fingerprint density at radius 2 is 1.07 bits per heavy atom. The van der Waals surface area contributed by atoms with Gasteiger partial charge in [-0.25, -0.2) is 0 Å². The van der Waals surface area contributed by atoms with Crippen molar-refractivity contribution in [3.05, 3.63) is 194 Å². The van der Waals surface area contributed by atoms with Crippen LogP contribution >= 0.6 is 0 Å². The number of fused-ring (bicyclic) bond motifs is 11. The second-order valence-electron chi connectivity index (χ2n) is 13.2. The van der Waals surface area contributed by atoms with Gasteiger partial charge in [-0.05, 0) is 65.6 Å². The molecule has 0 fully saturated rings. The van der Waals surface area contributed by atoms with E-state index in [0.717, 1.165) is 21.8 Å². The first kappa shape index (κ1) is 19.2. The maximum atomic E-state index is 9.81. The monoisotopic (exact) mass is 732 g/mol. The largest absolute Gasteiger partial charge is 0.455 e. The average Bonchev–Trinajstić information content (AvgIpc) is 4.08. The Labute approximate surface area is 344 Å². The van der Waals surface area contributed by atoms with Crippen molar-refractivity contribution in [3.63, 3.8) is 0 Å². The molecule has 0 amide bonds. The van der Waals surface area contributed by atoms with Gasteiger partial charge in [0.15, 0.2) is 5.58 Å². The number of benzene rings is 9. The van der Waals surface area contributed by atoms with Gasteiger partial charge in [-0.3, -0.25) is 0 Å². The van der Waals surface area contributed by atoms with Crippen LogP contribution in [0.15, 0.2) is 203 Å². The smallest absolute Gasteiger partial charge is 0.159 e. The standard InChI is InChI=1S/C52H32N2O2/c1-2-14-33(15-3-1)34-28-30-35(31-29-34)53(46-25-12-21-41-39-19-8-11-26-48(39)55-52(41)46)47-32-42-50-45(24-13-27-49(50)56-51(42)40-20-5-4-18-38(40)47)54-43-22-9-6-16-36(43)37-17-7-10-23-44(37)54/h1-32H/i1D,2D,3D,8D,11D,12D,14D,15D,19D,21D,25D,26D,28D,29D,30D,31D. The number of rotatable bonds is 5. The third-order valence-corrected chi connectivity index (χ3v) is 10.2. The molecule has 0 spiro atoms. The van der Waals surface area contributed by atoms with Gasteiger partial charge < -0.3 is 18.3 Å². The molecular weight excluding hydrogens is 685 g/mol. The summed E-state index contributed by atoms with van der Waals surface area (Å²) in [5.41, 5.74) is 0.515. The van der Waals surface area contributed by atoms with Gasteiger partial charge in [0.2, 0.25) is 0 Å². The summed E-state index contributed by atoms with van der Waals surface area (Å²) in [6.07, 6.45) is 0. The van der Waals surface area contributed by atoms with Crippen molar-refractivity contribution in [2.24, 2.45) is 0 Å². The highest BCUT2D eigenvalue weighted by atomic mass is 16.3. The number of nitrogens with zero attached hydrogens (tertiary/aromatic N) is 2. The molecule has 12 aromatic rings. The number of furan rings is 2. The van der Waals surface area contributed by atoms with E-state index in [0.29, 0.717) is 38.4 Å². The lowest BCUT2D eigenvalue weighted by Crippen LogP contribution is -2.11. The fraction of sp³-hybridized carbons (Fsp3) is 0. The highest BCUT2D eigenvalue weighted by Gasteiger charge is 2.25. The maximum Gasteiger partial charge on any atom is 0.159 e. The normalized spacial score (nSPS) is 15.9. The summed E-state index contributed by atoms with van der Waals surface area (Å²) in [6, 6.07) is 18.6. The lowest BCUT2D eigenvalue weighted by Gasteiger charge is -2.27. The second-order valence-corrected chi connectivity index (χ2v) is 13.2. The lowest BCUT2D eigenvalue weighted by atomic mass is 10.0. The van der Waals surface area contributed by atoms with Crippen LogP contribution in [-0.4, -0.2) is 4.57 Å². The van der Waals surface area contributed by atoms with Gasteiger partial charge in [-0.1, -0.05) is 139 Å². The molecule has 0 N–H and O–H groups in total. The Balaban J connectivity index is 1.28. The molecule has 0 saturated heterocycles. The number of aromatic nitrogens is 1. The minimum Gasteiger partial charge on any atom is -0.455 e. The predicted molar refractivity (Wildman–Crippen MR) is 233 cm³/mol. The molecule has 0 saturated carbocycles. The first-order valence-corrected chi connectivity index (χ1v) is 17.7. The first-order valence-electron chi connectivity index (χ1n) is 25.7. The van der Waals surface area contributed by atoms with Crippen LogP contribution in [0.3, 0.4) is 0 Å². The van der Waals surface area contributed by atoms with Gasteiger partial charge in [0.05, 0.1) is 55.4 Å². The summed E-state index contributed by atoms with van der Waals surface area (Å²) in [4.78, 5) is 1.19. The number of hydrogen-bond donors (Lipinski definition) is 0. The molecule has 4 nitrogen and oxygen atoms in total. The SMILES string of the molecule is [2H]c1c([2H])c([2H])c(-c2c([2H])c([2H])c(N(c3cc4c(oc5cccc(-n6c7ccccc7c7ccccc76)c54)c4ccccc34)c3c([2H])c([2H])c([2H])c4c3oc3c([2H])c([2H])c([2H])c([2H])c34)c([2H])c2[2H])c([2H])c1[2H]. The van der Waals surface area contributed by atoms with Crippen LogP contribution in [0.25, 0.3) is 93.3 Å². The van der Waals surface area contributed by atoms with Gasteiger partial charge in [-0.15, -0.1) is 0 Å². The average molecular weight is 733 g/mol. The molecule has 262 valence electrons. The van der Waals surface area contributed by atoms with Crippen molar-refractivity contribution >= 4 is 93.5 Å². The second kappa shape index (κ2) is 12.0. The predicted octanol–water partition coefficient (Wildman–Crippen LogP) is 14.9. The van der Waals surface area contributed by atoms with Crippen molar-refractivity contribution in [2.75, 3.05) is 4.90 Å². The minimum atomic E-state index is -0.822. The Hall–Kier alpha value is -7.56. The van der Waals surface area contributed by atoms with Crippen molar-refractivity contribution in [3.8, 4) is 16.8 Å². The van der Waals surface area contributed by atoms with Crippen LogP contribution < -0.4 is 4.90 Å². The molecule has 3 aromatic heterocycles. The Kier molecular flexibility index (Phi) is 4.10. The van der Waals surface area contributed by atoms with Crippen molar-refractivity contribution < 1.29 is 30.8 Å². The van der Waals surface area contributed by atoms with Gasteiger partial charge in [0, 0.05) is 43.4 Å². The van der Waals surface area contributed by atoms with Gasteiger partial charge in [-0.2, -0.15) is 0 Å². The lowest BCUT2D eigenvalue weighted by molar-refractivity contribution is 0.669. The molecule has 0 aliphatic rings. The molecule has 0 atom stereocenters. The summed E-state index contributed by atoms with van der Waals surface area (Å²) in [6.45, 7) is 0. The van der Waals surface area contributed by atoms with Gasteiger partial charge in [0.25, 0.3) is 0 Å². The Morgan fingerprint density at radius 3 is 1.86 bits per heavy atom.